The van der Waals surface area contributed by atoms with E-state index in [9.17, 15) is 9.59 Å². The topological polar surface area (TPSA) is 46.6 Å². The van der Waals surface area contributed by atoms with E-state index in [1.165, 1.54) is 0 Å². The number of hydrogen-bond acceptors (Lipinski definition) is 4. The van der Waals surface area contributed by atoms with Gasteiger partial charge >= 0.3 is 5.97 Å². The summed E-state index contributed by atoms with van der Waals surface area (Å²) in [6.45, 7) is 14.1. The summed E-state index contributed by atoms with van der Waals surface area (Å²) >= 11 is 0. The lowest BCUT2D eigenvalue weighted by Gasteiger charge is -2.34. The van der Waals surface area contributed by atoms with E-state index in [1.807, 2.05) is 46.4 Å². The van der Waals surface area contributed by atoms with Gasteiger partial charge < -0.3 is 4.74 Å². The summed E-state index contributed by atoms with van der Waals surface area (Å²) in [4.78, 5) is 24.9. The fourth-order valence-electron chi connectivity index (χ4n) is 1.54. The summed E-state index contributed by atoms with van der Waals surface area (Å²) in [6.07, 6.45) is 0.307. The van der Waals surface area contributed by atoms with Gasteiger partial charge in [-0.05, 0) is 48.5 Å². The Hall–Kier alpha value is -0.900. The number of Topliss-reactive ketones (excluding diaryl/α,β-unsaturated/α-hetero) is 1. The molecule has 18 heavy (non-hydrogen) atoms. The van der Waals surface area contributed by atoms with Gasteiger partial charge in [0.25, 0.3) is 0 Å². The van der Waals surface area contributed by atoms with E-state index in [0.717, 1.165) is 0 Å². The van der Waals surface area contributed by atoms with Crippen molar-refractivity contribution in [2.24, 2.45) is 0 Å². The number of ether oxygens (including phenoxy) is 1. The van der Waals surface area contributed by atoms with Gasteiger partial charge in [0.1, 0.15) is 11.4 Å². The van der Waals surface area contributed by atoms with Crippen LogP contribution in [-0.4, -0.2) is 40.9 Å². The maximum absolute atomic E-state index is 11.6. The Labute approximate surface area is 111 Å². The third-order valence-electron chi connectivity index (χ3n) is 2.37. The molecule has 0 N–H and O–H groups in total. The Bertz CT molecular complexity index is 297. The van der Waals surface area contributed by atoms with Crippen LogP contribution in [0.5, 0.6) is 0 Å². The van der Waals surface area contributed by atoms with Gasteiger partial charge in [-0.3, -0.25) is 14.5 Å². The molecule has 0 saturated heterocycles. The van der Waals surface area contributed by atoms with Crippen LogP contribution in [0.25, 0.3) is 0 Å². The quantitative estimate of drug-likeness (QED) is 0.710. The average Bonchev–Trinajstić information content (AvgIpc) is 2.06. The summed E-state index contributed by atoms with van der Waals surface area (Å²) in [7, 11) is 0. The zero-order chi connectivity index (χ0) is 14.6. The van der Waals surface area contributed by atoms with Crippen LogP contribution in [0, 0.1) is 0 Å². The minimum atomic E-state index is -0.454. The molecule has 0 aliphatic rings. The Morgan fingerprint density at radius 1 is 1.06 bits per heavy atom. The molecule has 0 bridgehead atoms. The molecule has 0 amide bonds. The lowest BCUT2D eigenvalue weighted by atomic mass is 10.1. The predicted molar refractivity (Wildman–Crippen MR) is 72.5 cm³/mol. The molecule has 0 aromatic carbocycles. The second-order valence-electron chi connectivity index (χ2n) is 6.63. The van der Waals surface area contributed by atoms with Gasteiger partial charge in [-0.1, -0.05) is 0 Å². The van der Waals surface area contributed by atoms with Crippen molar-refractivity contribution in [2.75, 3.05) is 13.1 Å². The van der Waals surface area contributed by atoms with Crippen molar-refractivity contribution in [1.82, 2.24) is 4.90 Å². The molecule has 0 radical (unpaired) electrons. The van der Waals surface area contributed by atoms with E-state index in [1.54, 1.807) is 6.92 Å². The standard InChI is InChI=1S/C14H27NO3/c1-11(16)10-15(13(2,3)4)9-8-12(17)18-14(5,6)7/h8-10H2,1-7H3. The van der Waals surface area contributed by atoms with Gasteiger partial charge in [0.2, 0.25) is 0 Å². The van der Waals surface area contributed by atoms with Crippen molar-refractivity contribution in [3.05, 3.63) is 0 Å². The first-order valence-electron chi connectivity index (χ1n) is 6.38. The molecule has 0 aliphatic heterocycles. The van der Waals surface area contributed by atoms with E-state index in [0.29, 0.717) is 19.5 Å². The monoisotopic (exact) mass is 257 g/mol. The first-order valence-corrected chi connectivity index (χ1v) is 6.38. The van der Waals surface area contributed by atoms with Crippen LogP contribution < -0.4 is 0 Å². The summed E-state index contributed by atoms with van der Waals surface area (Å²) < 4.78 is 5.26. The molecule has 0 atom stereocenters. The molecule has 0 aliphatic carbocycles. The average molecular weight is 257 g/mol. The highest BCUT2D eigenvalue weighted by molar-refractivity contribution is 5.77. The highest BCUT2D eigenvalue weighted by Crippen LogP contribution is 2.15. The molecule has 106 valence electrons. The molecule has 0 heterocycles. The Morgan fingerprint density at radius 2 is 1.56 bits per heavy atom. The molecule has 0 rings (SSSR count). The summed E-state index contributed by atoms with van der Waals surface area (Å²) in [5.41, 5.74) is -0.585. The van der Waals surface area contributed by atoms with Crippen molar-refractivity contribution >= 4 is 11.8 Å². The molecule has 0 fully saturated rings. The predicted octanol–water partition coefficient (Wildman–Crippen LogP) is 2.41. The highest BCUT2D eigenvalue weighted by atomic mass is 16.6. The fourth-order valence-corrected chi connectivity index (χ4v) is 1.54. The molecule has 0 unspecified atom stereocenters. The molecular weight excluding hydrogens is 230 g/mol. The van der Waals surface area contributed by atoms with Crippen molar-refractivity contribution in [3.8, 4) is 0 Å². The largest absolute Gasteiger partial charge is 0.460 e. The maximum atomic E-state index is 11.6. The lowest BCUT2D eigenvalue weighted by Crippen LogP contribution is -2.45. The number of carbonyl (C=O) groups excluding carboxylic acids is 2. The third-order valence-corrected chi connectivity index (χ3v) is 2.37. The number of ketones is 1. The van der Waals surface area contributed by atoms with Crippen molar-refractivity contribution in [3.63, 3.8) is 0 Å². The van der Waals surface area contributed by atoms with Gasteiger partial charge in [-0.15, -0.1) is 0 Å². The van der Waals surface area contributed by atoms with Crippen LogP contribution in [0.3, 0.4) is 0 Å². The van der Waals surface area contributed by atoms with Crippen LogP contribution >= 0.6 is 0 Å². The Balaban J connectivity index is 4.36. The third kappa shape index (κ3) is 8.23. The van der Waals surface area contributed by atoms with Gasteiger partial charge in [0.15, 0.2) is 0 Å². The van der Waals surface area contributed by atoms with E-state index in [2.05, 4.69) is 0 Å². The van der Waals surface area contributed by atoms with Gasteiger partial charge in [0.05, 0.1) is 13.0 Å². The smallest absolute Gasteiger partial charge is 0.307 e. The molecular formula is C14H27NO3. The van der Waals surface area contributed by atoms with E-state index in [-0.39, 0.29) is 17.3 Å². The van der Waals surface area contributed by atoms with Crippen LogP contribution in [-0.2, 0) is 14.3 Å². The molecule has 4 nitrogen and oxygen atoms in total. The normalized spacial score (nSPS) is 12.7. The van der Waals surface area contributed by atoms with E-state index < -0.39 is 5.60 Å². The van der Waals surface area contributed by atoms with Crippen LogP contribution in [0.4, 0.5) is 0 Å². The molecule has 4 heteroatoms. The minimum absolute atomic E-state index is 0.106. The van der Waals surface area contributed by atoms with Crippen LogP contribution in [0.1, 0.15) is 54.9 Å². The zero-order valence-corrected chi connectivity index (χ0v) is 12.8. The summed E-state index contributed by atoms with van der Waals surface area (Å²) in [5.74, 6) is -0.116. The minimum Gasteiger partial charge on any atom is -0.460 e. The summed E-state index contributed by atoms with van der Waals surface area (Å²) in [5, 5.41) is 0. The maximum Gasteiger partial charge on any atom is 0.307 e. The van der Waals surface area contributed by atoms with Crippen LogP contribution in [0.15, 0.2) is 0 Å². The molecule has 0 aromatic rings. The summed E-state index contributed by atoms with van der Waals surface area (Å²) in [6, 6.07) is 0. The Morgan fingerprint density at radius 3 is 1.89 bits per heavy atom. The Kier molecular flexibility index (Phi) is 6.00. The molecule has 0 saturated carbocycles. The number of carbonyl (C=O) groups is 2. The van der Waals surface area contributed by atoms with Crippen molar-refractivity contribution in [1.29, 1.82) is 0 Å². The number of hydrogen-bond donors (Lipinski definition) is 0. The SMILES string of the molecule is CC(=O)CN(CCC(=O)OC(C)(C)C)C(C)(C)C. The highest BCUT2D eigenvalue weighted by Gasteiger charge is 2.24. The molecule has 0 spiro atoms. The number of nitrogens with zero attached hydrogens (tertiary/aromatic N) is 1. The number of rotatable bonds is 5. The second-order valence-corrected chi connectivity index (χ2v) is 6.63. The van der Waals surface area contributed by atoms with Crippen molar-refractivity contribution < 1.29 is 14.3 Å². The lowest BCUT2D eigenvalue weighted by molar-refractivity contribution is -0.155. The van der Waals surface area contributed by atoms with Gasteiger partial charge in [0, 0.05) is 12.1 Å². The van der Waals surface area contributed by atoms with E-state index in [4.69, 9.17) is 4.74 Å². The van der Waals surface area contributed by atoms with Gasteiger partial charge in [-0.25, -0.2) is 0 Å². The fraction of sp³-hybridized carbons (Fsp3) is 0.857. The van der Waals surface area contributed by atoms with Gasteiger partial charge in [-0.2, -0.15) is 0 Å². The molecule has 0 aromatic heterocycles. The second kappa shape index (κ2) is 6.32. The van der Waals surface area contributed by atoms with Crippen molar-refractivity contribution in [2.45, 2.75) is 66.0 Å². The van der Waals surface area contributed by atoms with Crippen LogP contribution in [0.2, 0.25) is 0 Å². The first kappa shape index (κ1) is 17.1. The first-order chi connectivity index (χ1) is 7.92. The number of esters is 1. The van der Waals surface area contributed by atoms with E-state index >= 15 is 0 Å². The zero-order valence-electron chi connectivity index (χ0n) is 12.8.